The molecule has 0 bridgehead atoms. The van der Waals surface area contributed by atoms with Crippen LogP contribution in [0.5, 0.6) is 0 Å². The van der Waals surface area contributed by atoms with Crippen LogP contribution in [0.1, 0.15) is 12.8 Å². The number of hydrogen-bond acceptors (Lipinski definition) is 3. The van der Waals surface area contributed by atoms with Crippen molar-refractivity contribution in [3.05, 3.63) is 0 Å². The standard InChI is InChI=1S/C7H14O3/c1-10-4-5-2-6(8)7(9)3-5/h5-9H,2-4H2,1H3. The van der Waals surface area contributed by atoms with Crippen LogP contribution in [-0.2, 0) is 4.74 Å². The molecule has 0 aromatic rings. The fourth-order valence-corrected chi connectivity index (χ4v) is 1.47. The topological polar surface area (TPSA) is 49.7 Å². The number of methoxy groups -OCH3 is 1. The van der Waals surface area contributed by atoms with Crippen LogP contribution in [0, 0.1) is 5.92 Å². The molecule has 10 heavy (non-hydrogen) atoms. The van der Waals surface area contributed by atoms with Crippen LogP contribution in [0.25, 0.3) is 0 Å². The van der Waals surface area contributed by atoms with E-state index in [0.717, 1.165) is 0 Å². The molecule has 0 amide bonds. The fourth-order valence-electron chi connectivity index (χ4n) is 1.47. The summed E-state index contributed by atoms with van der Waals surface area (Å²) >= 11 is 0. The van der Waals surface area contributed by atoms with Crippen LogP contribution in [-0.4, -0.2) is 36.1 Å². The molecule has 1 fully saturated rings. The second-order valence-electron chi connectivity index (χ2n) is 2.93. The van der Waals surface area contributed by atoms with Gasteiger partial charge < -0.3 is 14.9 Å². The maximum Gasteiger partial charge on any atom is 0.0802 e. The first kappa shape index (κ1) is 7.98. The lowest BCUT2D eigenvalue weighted by Crippen LogP contribution is -2.17. The van der Waals surface area contributed by atoms with Crippen molar-refractivity contribution in [1.29, 1.82) is 0 Å². The van der Waals surface area contributed by atoms with E-state index in [0.29, 0.717) is 25.4 Å². The van der Waals surface area contributed by atoms with Gasteiger partial charge in [-0.3, -0.25) is 0 Å². The Morgan fingerprint density at radius 2 is 1.80 bits per heavy atom. The summed E-state index contributed by atoms with van der Waals surface area (Å²) in [5, 5.41) is 18.2. The normalized spacial score (nSPS) is 40.5. The van der Waals surface area contributed by atoms with Crippen molar-refractivity contribution in [3.8, 4) is 0 Å². The molecule has 3 nitrogen and oxygen atoms in total. The van der Waals surface area contributed by atoms with Gasteiger partial charge in [0, 0.05) is 13.7 Å². The van der Waals surface area contributed by atoms with Crippen molar-refractivity contribution in [2.75, 3.05) is 13.7 Å². The minimum absolute atomic E-state index is 0.343. The van der Waals surface area contributed by atoms with Gasteiger partial charge in [0.25, 0.3) is 0 Å². The highest BCUT2D eigenvalue weighted by Gasteiger charge is 2.30. The zero-order valence-electron chi connectivity index (χ0n) is 6.16. The molecule has 1 saturated carbocycles. The molecule has 3 heteroatoms. The lowest BCUT2D eigenvalue weighted by molar-refractivity contribution is 0.0438. The quantitative estimate of drug-likeness (QED) is 0.565. The summed E-state index contributed by atoms with van der Waals surface area (Å²) in [5.74, 6) is 0.343. The van der Waals surface area contributed by atoms with E-state index in [4.69, 9.17) is 14.9 Å². The van der Waals surface area contributed by atoms with E-state index in [1.165, 1.54) is 0 Å². The Morgan fingerprint density at radius 3 is 2.20 bits per heavy atom. The largest absolute Gasteiger partial charge is 0.390 e. The van der Waals surface area contributed by atoms with Crippen LogP contribution >= 0.6 is 0 Å². The van der Waals surface area contributed by atoms with Crippen LogP contribution in [0.2, 0.25) is 0 Å². The lowest BCUT2D eigenvalue weighted by atomic mass is 10.1. The number of ether oxygens (including phenoxy) is 1. The molecule has 0 aliphatic heterocycles. The van der Waals surface area contributed by atoms with Crippen molar-refractivity contribution < 1.29 is 14.9 Å². The summed E-state index contributed by atoms with van der Waals surface area (Å²) in [6, 6.07) is 0. The molecule has 0 radical (unpaired) electrons. The maximum atomic E-state index is 9.09. The van der Waals surface area contributed by atoms with Crippen LogP contribution in [0.15, 0.2) is 0 Å². The van der Waals surface area contributed by atoms with Crippen molar-refractivity contribution in [3.63, 3.8) is 0 Å². The van der Waals surface area contributed by atoms with Gasteiger partial charge in [-0.15, -0.1) is 0 Å². The van der Waals surface area contributed by atoms with Crippen molar-refractivity contribution in [2.24, 2.45) is 5.92 Å². The summed E-state index contributed by atoms with van der Waals surface area (Å²) < 4.78 is 4.90. The number of aliphatic hydroxyl groups excluding tert-OH is 2. The first-order valence-electron chi connectivity index (χ1n) is 3.59. The molecule has 1 aliphatic carbocycles. The van der Waals surface area contributed by atoms with Crippen molar-refractivity contribution in [1.82, 2.24) is 0 Å². The highest BCUT2D eigenvalue weighted by molar-refractivity contribution is 4.82. The Morgan fingerprint density at radius 1 is 1.30 bits per heavy atom. The zero-order valence-corrected chi connectivity index (χ0v) is 6.16. The zero-order chi connectivity index (χ0) is 7.56. The van der Waals surface area contributed by atoms with Gasteiger partial charge in [-0.2, -0.15) is 0 Å². The Hall–Kier alpha value is -0.120. The molecule has 2 atom stereocenters. The summed E-state index contributed by atoms with van der Waals surface area (Å²) in [4.78, 5) is 0. The van der Waals surface area contributed by atoms with E-state index in [-0.39, 0.29) is 0 Å². The summed E-state index contributed by atoms with van der Waals surface area (Å²) in [7, 11) is 1.64. The van der Waals surface area contributed by atoms with E-state index >= 15 is 0 Å². The Balaban J connectivity index is 2.27. The molecule has 0 aromatic heterocycles. The molecule has 1 aliphatic rings. The Bertz CT molecular complexity index is 95.0. The number of rotatable bonds is 2. The average molecular weight is 146 g/mol. The third-order valence-electron chi connectivity index (χ3n) is 2.00. The van der Waals surface area contributed by atoms with E-state index in [9.17, 15) is 0 Å². The smallest absolute Gasteiger partial charge is 0.0802 e. The second-order valence-corrected chi connectivity index (χ2v) is 2.93. The lowest BCUT2D eigenvalue weighted by Gasteiger charge is -2.04. The predicted octanol–water partition coefficient (Wildman–Crippen LogP) is -0.235. The third kappa shape index (κ3) is 1.68. The van der Waals surface area contributed by atoms with Gasteiger partial charge in [-0.05, 0) is 18.8 Å². The molecule has 0 saturated heterocycles. The maximum absolute atomic E-state index is 9.09. The molecule has 0 heterocycles. The molecule has 2 N–H and O–H groups in total. The van der Waals surface area contributed by atoms with Gasteiger partial charge >= 0.3 is 0 Å². The first-order chi connectivity index (χ1) is 4.74. The van der Waals surface area contributed by atoms with E-state index < -0.39 is 12.2 Å². The molecule has 2 unspecified atom stereocenters. The molecule has 0 spiro atoms. The fraction of sp³-hybridized carbons (Fsp3) is 1.00. The third-order valence-corrected chi connectivity index (χ3v) is 2.00. The summed E-state index contributed by atoms with van der Waals surface area (Å²) in [6.45, 7) is 0.647. The highest BCUT2D eigenvalue weighted by Crippen LogP contribution is 2.25. The van der Waals surface area contributed by atoms with Crippen LogP contribution < -0.4 is 0 Å². The molecule has 1 rings (SSSR count). The van der Waals surface area contributed by atoms with E-state index in [1.54, 1.807) is 7.11 Å². The van der Waals surface area contributed by atoms with Gasteiger partial charge in [0.05, 0.1) is 12.2 Å². The Labute approximate surface area is 60.6 Å². The molecule has 60 valence electrons. The van der Waals surface area contributed by atoms with Gasteiger partial charge in [0.15, 0.2) is 0 Å². The van der Waals surface area contributed by atoms with E-state index in [2.05, 4.69) is 0 Å². The summed E-state index contributed by atoms with van der Waals surface area (Å²) in [5.41, 5.74) is 0. The van der Waals surface area contributed by atoms with E-state index in [1.807, 2.05) is 0 Å². The highest BCUT2D eigenvalue weighted by atomic mass is 16.5. The van der Waals surface area contributed by atoms with Gasteiger partial charge in [-0.25, -0.2) is 0 Å². The van der Waals surface area contributed by atoms with Gasteiger partial charge in [0.1, 0.15) is 0 Å². The van der Waals surface area contributed by atoms with Crippen molar-refractivity contribution >= 4 is 0 Å². The monoisotopic (exact) mass is 146 g/mol. The van der Waals surface area contributed by atoms with Crippen molar-refractivity contribution in [2.45, 2.75) is 25.0 Å². The molecule has 0 aromatic carbocycles. The Kier molecular flexibility index (Phi) is 2.65. The van der Waals surface area contributed by atoms with Gasteiger partial charge in [-0.1, -0.05) is 0 Å². The van der Waals surface area contributed by atoms with Crippen LogP contribution in [0.4, 0.5) is 0 Å². The van der Waals surface area contributed by atoms with Gasteiger partial charge in [0.2, 0.25) is 0 Å². The number of aliphatic hydroxyl groups is 2. The predicted molar refractivity (Wildman–Crippen MR) is 36.6 cm³/mol. The first-order valence-corrected chi connectivity index (χ1v) is 3.59. The second kappa shape index (κ2) is 3.32. The SMILES string of the molecule is COCC1CC(O)C(O)C1. The summed E-state index contributed by atoms with van der Waals surface area (Å²) in [6.07, 6.45) is 0.296. The number of hydrogen-bond donors (Lipinski definition) is 2. The minimum atomic E-state index is -0.528. The average Bonchev–Trinajstić information content (AvgIpc) is 2.14. The minimum Gasteiger partial charge on any atom is -0.390 e. The van der Waals surface area contributed by atoms with Crippen LogP contribution in [0.3, 0.4) is 0 Å². The molecular formula is C7H14O3. The molecular weight excluding hydrogens is 132 g/mol.